The molecule has 6 rings (SSSR count). The number of aromatic hydroxyl groups is 2. The maximum atomic E-state index is 13.8. The number of ketones is 2. The predicted molar refractivity (Wildman–Crippen MR) is 221 cm³/mol. The van der Waals surface area contributed by atoms with E-state index in [2.05, 4.69) is 17.2 Å². The van der Waals surface area contributed by atoms with E-state index >= 15 is 0 Å². The van der Waals surface area contributed by atoms with E-state index in [1.807, 2.05) is 36.4 Å². The monoisotopic (exact) mass is 855 g/mol. The average molecular weight is 857 g/mol. The maximum Gasteiger partial charge on any atom is 0.353 e. The first kappa shape index (κ1) is 42.4. The Morgan fingerprint density at radius 1 is 1.04 bits per heavy atom. The molecular weight excluding hydrogens is 812 g/mol. The summed E-state index contributed by atoms with van der Waals surface area (Å²) in [5, 5.41) is 26.7. The van der Waals surface area contributed by atoms with Crippen LogP contribution in [0.1, 0.15) is 80.9 Å². The number of carbonyl (C=O) groups is 4. The van der Waals surface area contributed by atoms with Crippen molar-refractivity contribution in [2.45, 2.75) is 91.1 Å². The molecule has 1 saturated heterocycles. The summed E-state index contributed by atoms with van der Waals surface area (Å²) in [6.07, 6.45) is 3.57. The molecule has 57 heavy (non-hydrogen) atoms. The van der Waals surface area contributed by atoms with Crippen molar-refractivity contribution in [3.05, 3.63) is 90.0 Å². The topological polar surface area (TPSA) is 156 Å². The minimum Gasteiger partial charge on any atom is -0.503 e. The lowest BCUT2D eigenvalue weighted by molar-refractivity contribution is -0.941. The molecule has 1 amide bonds. The van der Waals surface area contributed by atoms with Crippen molar-refractivity contribution in [3.8, 4) is 11.5 Å². The number of carbonyl (C=O) groups excluding carboxylic acids is 4. The molecule has 16 heteroatoms. The van der Waals surface area contributed by atoms with Crippen molar-refractivity contribution in [2.24, 2.45) is 11.1 Å². The van der Waals surface area contributed by atoms with E-state index in [-0.39, 0.29) is 39.6 Å². The number of benzene rings is 2. The molecule has 0 unspecified atom stereocenters. The highest BCUT2D eigenvalue weighted by atomic mass is 35.5. The van der Waals surface area contributed by atoms with Gasteiger partial charge in [-0.1, -0.05) is 64.8 Å². The number of phenols is 2. The molecule has 2 aromatic carbocycles. The number of halogens is 2. The van der Waals surface area contributed by atoms with E-state index in [0.717, 1.165) is 22.3 Å². The smallest absolute Gasteiger partial charge is 0.353 e. The average Bonchev–Trinajstić information content (AvgIpc) is 3.73. The van der Waals surface area contributed by atoms with Crippen molar-refractivity contribution in [1.82, 2.24) is 9.88 Å². The van der Waals surface area contributed by atoms with Gasteiger partial charge in [0.05, 0.1) is 39.1 Å². The SMILES string of the molecule is CC(=O)C1=C(/C=C/c2ccc(C[N+]3(C)Cc4c(Cl)c(O)c(O)c(Cl)c4C3)cc2)CS[C@@H]2[C@H](CC(=O)/C(=N\OC(C)(C)C(=O)OC(C)(C)C)c3csc(C)n3)C(=O)N12. The van der Waals surface area contributed by atoms with Gasteiger partial charge in [-0.3, -0.25) is 19.3 Å². The number of fused-ring (bicyclic) bond motifs is 2. The number of nitrogens with zero attached hydrogens (tertiary/aromatic N) is 4. The van der Waals surface area contributed by atoms with E-state index in [1.165, 1.54) is 48.8 Å². The zero-order valence-corrected chi connectivity index (χ0v) is 36.1. The summed E-state index contributed by atoms with van der Waals surface area (Å²) in [6, 6.07) is 7.99. The third-order valence-electron chi connectivity index (χ3n) is 9.86. The first-order valence-corrected chi connectivity index (χ1v) is 20.9. The molecule has 2 N–H and O–H groups in total. The Balaban J connectivity index is 1.13. The number of hydrogen-bond donors (Lipinski definition) is 2. The van der Waals surface area contributed by atoms with Crippen LogP contribution in [-0.2, 0) is 48.4 Å². The Hall–Kier alpha value is -4.21. The van der Waals surface area contributed by atoms with Gasteiger partial charge in [-0.25, -0.2) is 9.78 Å². The summed E-state index contributed by atoms with van der Waals surface area (Å²) in [7, 11) is 2.06. The second-order valence-corrected chi connectivity index (χ2v) is 19.2. The van der Waals surface area contributed by atoms with Crippen LogP contribution in [-0.4, -0.2) is 83.1 Å². The van der Waals surface area contributed by atoms with Crippen LogP contribution in [0.5, 0.6) is 11.5 Å². The fourth-order valence-electron chi connectivity index (χ4n) is 7.06. The standard InChI is InChI=1S/C41H44Cl2N4O8S2/c1-21(48)34-25(14-13-23-9-11-24(12-10-23)16-47(8)17-27-28(18-47)32(43)36(51)35(50)31(27)42)19-57-38-26(37(52)46(34)38)15-30(49)33(29-20-56-22(2)44-29)45-55-41(6,7)39(53)54-40(3,4)5/h9-14,20,26,38H,15-19H2,1-8H3,(H-,45,49,50,51)/p+1/b14-13+/t26-,38-/m1/s1. The number of hydrogen-bond acceptors (Lipinski definition) is 12. The van der Waals surface area contributed by atoms with Crippen LogP contribution in [0.25, 0.3) is 6.08 Å². The van der Waals surface area contributed by atoms with Crippen molar-refractivity contribution in [1.29, 1.82) is 0 Å². The molecule has 0 aliphatic carbocycles. The van der Waals surface area contributed by atoms with Crippen LogP contribution < -0.4 is 0 Å². The fraction of sp³-hybridized carbons (Fsp3) is 0.415. The van der Waals surface area contributed by atoms with E-state index in [4.69, 9.17) is 32.8 Å². The molecule has 1 aromatic heterocycles. The van der Waals surface area contributed by atoms with Gasteiger partial charge in [-0.15, -0.1) is 23.1 Å². The molecule has 0 spiro atoms. The molecule has 302 valence electrons. The lowest BCUT2D eigenvalue weighted by Crippen LogP contribution is -2.61. The van der Waals surface area contributed by atoms with Gasteiger partial charge in [0.2, 0.25) is 11.5 Å². The third kappa shape index (κ3) is 8.80. The van der Waals surface area contributed by atoms with Gasteiger partial charge in [0.15, 0.2) is 28.8 Å². The molecule has 3 aliphatic heterocycles. The lowest BCUT2D eigenvalue weighted by atomic mass is 9.88. The van der Waals surface area contributed by atoms with Crippen LogP contribution >= 0.6 is 46.3 Å². The number of ether oxygens (including phenoxy) is 1. The molecule has 0 saturated carbocycles. The normalized spacial score (nSPS) is 19.4. The van der Waals surface area contributed by atoms with E-state index in [0.29, 0.717) is 46.1 Å². The highest BCUT2D eigenvalue weighted by molar-refractivity contribution is 8.00. The summed E-state index contributed by atoms with van der Waals surface area (Å²) >= 11 is 15.5. The summed E-state index contributed by atoms with van der Waals surface area (Å²) in [5.41, 5.74) is 2.35. The second kappa shape index (κ2) is 15.9. The Morgan fingerprint density at radius 2 is 1.65 bits per heavy atom. The second-order valence-electron chi connectivity index (χ2n) is 16.3. The summed E-state index contributed by atoms with van der Waals surface area (Å²) in [6.45, 7) is 13.1. The number of thioether (sulfide) groups is 1. The number of oxime groups is 1. The van der Waals surface area contributed by atoms with Crippen LogP contribution in [0.4, 0.5) is 0 Å². The van der Waals surface area contributed by atoms with Gasteiger partial charge >= 0.3 is 5.97 Å². The highest BCUT2D eigenvalue weighted by Crippen LogP contribution is 2.49. The molecule has 3 aliphatic rings. The van der Waals surface area contributed by atoms with Crippen molar-refractivity contribution in [3.63, 3.8) is 0 Å². The number of β-lactam (4-membered cyclic amide) rings is 1. The number of thiazole rings is 1. The zero-order chi connectivity index (χ0) is 41.8. The molecule has 1 fully saturated rings. The maximum absolute atomic E-state index is 13.8. The molecule has 3 aromatic rings. The van der Waals surface area contributed by atoms with Gasteiger partial charge in [-0.2, -0.15) is 0 Å². The van der Waals surface area contributed by atoms with Gasteiger partial charge in [0.1, 0.15) is 30.9 Å². The molecule has 0 radical (unpaired) electrons. The van der Waals surface area contributed by atoms with Crippen LogP contribution in [0.3, 0.4) is 0 Å². The fourth-order valence-corrected chi connectivity index (χ4v) is 9.57. The number of allylic oxidation sites excluding steroid dienone is 2. The number of rotatable bonds is 12. The first-order chi connectivity index (χ1) is 26.6. The van der Waals surface area contributed by atoms with E-state index in [9.17, 15) is 29.4 Å². The third-order valence-corrected chi connectivity index (χ3v) is 12.8. The number of aromatic nitrogens is 1. The largest absolute Gasteiger partial charge is 0.503 e. The number of quaternary nitrogens is 1. The number of Topliss-reactive ketones (excluding diaryl/α,β-unsaturated/α-hetero) is 2. The van der Waals surface area contributed by atoms with Crippen molar-refractivity contribution >= 4 is 81.5 Å². The van der Waals surface area contributed by atoms with Gasteiger partial charge in [0, 0.05) is 41.2 Å². The molecule has 12 nitrogen and oxygen atoms in total. The van der Waals surface area contributed by atoms with Gasteiger partial charge in [-0.05, 0) is 52.7 Å². The minimum atomic E-state index is -1.51. The first-order valence-electron chi connectivity index (χ1n) is 18.2. The Morgan fingerprint density at radius 3 is 2.19 bits per heavy atom. The number of phenolic OH excluding ortho intramolecular Hbond substituents is 2. The van der Waals surface area contributed by atoms with Gasteiger partial charge < -0.3 is 24.3 Å². The summed E-state index contributed by atoms with van der Waals surface area (Å²) in [4.78, 5) is 64.8. The Bertz CT molecular complexity index is 2220. The van der Waals surface area contributed by atoms with Crippen molar-refractivity contribution in [2.75, 3.05) is 12.8 Å². The Kier molecular flexibility index (Phi) is 11.8. The lowest BCUT2D eigenvalue weighted by Gasteiger charge is -2.49. The van der Waals surface area contributed by atoms with Crippen LogP contribution in [0.15, 0.2) is 52.1 Å². The molecule has 0 bridgehead atoms. The van der Waals surface area contributed by atoms with Crippen LogP contribution in [0.2, 0.25) is 10.0 Å². The number of esters is 1. The Labute approximate surface area is 349 Å². The number of amides is 1. The number of aryl methyl sites for hydroxylation is 1. The summed E-state index contributed by atoms with van der Waals surface area (Å²) < 4.78 is 6.01. The van der Waals surface area contributed by atoms with Crippen molar-refractivity contribution < 1.29 is 43.4 Å². The molecular formula is C41H45Cl2N4O8S2+. The molecule has 2 atom stereocenters. The quantitative estimate of drug-likeness (QED) is 0.0462. The zero-order valence-electron chi connectivity index (χ0n) is 32.9. The van der Waals surface area contributed by atoms with Crippen LogP contribution in [0, 0.1) is 12.8 Å². The van der Waals surface area contributed by atoms with E-state index in [1.54, 1.807) is 33.1 Å². The molecule has 4 heterocycles. The van der Waals surface area contributed by atoms with Gasteiger partial charge in [0.25, 0.3) is 0 Å². The minimum absolute atomic E-state index is 0.101. The highest BCUT2D eigenvalue weighted by Gasteiger charge is 2.53. The summed E-state index contributed by atoms with van der Waals surface area (Å²) in [5.74, 6) is -2.77. The predicted octanol–water partition coefficient (Wildman–Crippen LogP) is 7.72. The van der Waals surface area contributed by atoms with E-state index < -0.39 is 45.7 Å².